The van der Waals surface area contributed by atoms with Crippen molar-refractivity contribution in [2.45, 2.75) is 30.7 Å². The summed E-state index contributed by atoms with van der Waals surface area (Å²) >= 11 is 0. The standard InChI is InChI=1S/C17H23F2N3O3S/c1-12-11-21(9-6-20-12)17(23)13-4-7-22(8-5-13)26(24,25)16-10-14(18)2-3-15(16)19/h2-3,10,12-13,20H,4-9,11H2,1H3. The maximum atomic E-state index is 13.9. The summed E-state index contributed by atoms with van der Waals surface area (Å²) in [4.78, 5) is 13.8. The van der Waals surface area contributed by atoms with Gasteiger partial charge >= 0.3 is 0 Å². The smallest absolute Gasteiger partial charge is 0.246 e. The molecule has 1 unspecified atom stereocenters. The summed E-state index contributed by atoms with van der Waals surface area (Å²) in [5.41, 5.74) is 0. The summed E-state index contributed by atoms with van der Waals surface area (Å²) in [6, 6.07) is 2.63. The van der Waals surface area contributed by atoms with Crippen LogP contribution in [0.15, 0.2) is 23.1 Å². The first kappa shape index (κ1) is 19.2. The number of amides is 1. The summed E-state index contributed by atoms with van der Waals surface area (Å²) in [7, 11) is -4.11. The highest BCUT2D eigenvalue weighted by molar-refractivity contribution is 7.89. The second-order valence-electron chi connectivity index (χ2n) is 6.89. The molecule has 2 aliphatic heterocycles. The van der Waals surface area contributed by atoms with Gasteiger partial charge in [-0.25, -0.2) is 17.2 Å². The number of nitrogens with one attached hydrogen (secondary N) is 1. The van der Waals surface area contributed by atoms with Gasteiger partial charge in [-0.2, -0.15) is 4.31 Å². The summed E-state index contributed by atoms with van der Waals surface area (Å²) in [5.74, 6) is -1.96. The van der Waals surface area contributed by atoms with Crippen molar-refractivity contribution in [3.63, 3.8) is 0 Å². The van der Waals surface area contributed by atoms with Gasteiger partial charge in [0.05, 0.1) is 0 Å². The highest BCUT2D eigenvalue weighted by Crippen LogP contribution is 2.27. The van der Waals surface area contributed by atoms with Crippen LogP contribution in [0, 0.1) is 17.6 Å². The van der Waals surface area contributed by atoms with Crippen LogP contribution in [0.2, 0.25) is 0 Å². The van der Waals surface area contributed by atoms with Gasteiger partial charge in [0.2, 0.25) is 15.9 Å². The molecule has 0 aliphatic carbocycles. The monoisotopic (exact) mass is 387 g/mol. The molecule has 0 saturated carbocycles. The van der Waals surface area contributed by atoms with E-state index in [0.29, 0.717) is 32.0 Å². The highest BCUT2D eigenvalue weighted by atomic mass is 32.2. The van der Waals surface area contributed by atoms with Crippen molar-refractivity contribution in [2.75, 3.05) is 32.7 Å². The van der Waals surface area contributed by atoms with Crippen LogP contribution in [0.5, 0.6) is 0 Å². The minimum absolute atomic E-state index is 0.0485. The molecular weight excluding hydrogens is 364 g/mol. The van der Waals surface area contributed by atoms with Gasteiger partial charge in [0, 0.05) is 44.7 Å². The Morgan fingerprint density at radius 2 is 1.88 bits per heavy atom. The molecule has 2 heterocycles. The lowest BCUT2D eigenvalue weighted by molar-refractivity contribution is -0.137. The van der Waals surface area contributed by atoms with E-state index in [1.54, 1.807) is 0 Å². The van der Waals surface area contributed by atoms with E-state index in [2.05, 4.69) is 5.32 Å². The number of hydrogen-bond donors (Lipinski definition) is 1. The normalized spacial score (nSPS) is 23.2. The molecular formula is C17H23F2N3O3S. The number of carbonyl (C=O) groups excluding carboxylic acids is 1. The van der Waals surface area contributed by atoms with Crippen LogP contribution in [0.4, 0.5) is 8.78 Å². The molecule has 1 aromatic rings. The molecule has 1 aromatic carbocycles. The summed E-state index contributed by atoms with van der Waals surface area (Å²) in [6.45, 7) is 4.30. The maximum absolute atomic E-state index is 13.9. The van der Waals surface area contributed by atoms with E-state index >= 15 is 0 Å². The number of nitrogens with zero attached hydrogens (tertiary/aromatic N) is 2. The fourth-order valence-electron chi connectivity index (χ4n) is 3.55. The number of hydrogen-bond acceptors (Lipinski definition) is 4. The topological polar surface area (TPSA) is 69.7 Å². The van der Waals surface area contributed by atoms with E-state index in [0.717, 1.165) is 23.0 Å². The lowest BCUT2D eigenvalue weighted by atomic mass is 9.96. The van der Waals surface area contributed by atoms with Crippen LogP contribution in [0.3, 0.4) is 0 Å². The van der Waals surface area contributed by atoms with Crippen LogP contribution in [-0.4, -0.2) is 62.3 Å². The van der Waals surface area contributed by atoms with Crippen LogP contribution in [0.1, 0.15) is 19.8 Å². The number of rotatable bonds is 3. The Hall–Kier alpha value is -1.58. The summed E-state index contributed by atoms with van der Waals surface area (Å²) < 4.78 is 53.5. The first-order valence-electron chi connectivity index (χ1n) is 8.76. The van der Waals surface area contributed by atoms with E-state index in [4.69, 9.17) is 0 Å². The van der Waals surface area contributed by atoms with Crippen molar-refractivity contribution in [1.29, 1.82) is 0 Å². The van der Waals surface area contributed by atoms with E-state index in [9.17, 15) is 22.0 Å². The molecule has 144 valence electrons. The number of carbonyl (C=O) groups is 1. The molecule has 0 aromatic heterocycles. The van der Waals surface area contributed by atoms with Crippen molar-refractivity contribution in [3.05, 3.63) is 29.8 Å². The molecule has 6 nitrogen and oxygen atoms in total. The number of piperazine rings is 1. The third-order valence-corrected chi connectivity index (χ3v) is 6.91. The maximum Gasteiger partial charge on any atom is 0.246 e. The van der Waals surface area contributed by atoms with E-state index < -0.39 is 26.6 Å². The zero-order valence-corrected chi connectivity index (χ0v) is 15.4. The first-order valence-corrected chi connectivity index (χ1v) is 10.2. The lowest BCUT2D eigenvalue weighted by Gasteiger charge is -2.37. The molecule has 2 fully saturated rings. The van der Waals surface area contributed by atoms with Crippen molar-refractivity contribution >= 4 is 15.9 Å². The molecule has 9 heteroatoms. The number of halogens is 2. The molecule has 1 amide bonds. The summed E-state index contributed by atoms with van der Waals surface area (Å²) in [5, 5.41) is 3.28. The minimum atomic E-state index is -4.11. The molecule has 2 aliphatic rings. The zero-order chi connectivity index (χ0) is 18.9. The molecule has 0 spiro atoms. The molecule has 1 atom stereocenters. The molecule has 1 N–H and O–H groups in total. The summed E-state index contributed by atoms with van der Waals surface area (Å²) in [6.07, 6.45) is 0.764. The average Bonchev–Trinajstić information content (AvgIpc) is 2.63. The zero-order valence-electron chi connectivity index (χ0n) is 14.6. The molecule has 0 radical (unpaired) electrons. The number of sulfonamides is 1. The Morgan fingerprint density at radius 3 is 2.54 bits per heavy atom. The third kappa shape index (κ3) is 3.89. The van der Waals surface area contributed by atoms with Crippen molar-refractivity contribution in [1.82, 2.24) is 14.5 Å². The highest BCUT2D eigenvalue weighted by Gasteiger charge is 2.35. The Labute approximate surface area is 152 Å². The van der Waals surface area contributed by atoms with Crippen LogP contribution < -0.4 is 5.32 Å². The Morgan fingerprint density at radius 1 is 1.19 bits per heavy atom. The van der Waals surface area contributed by atoms with Gasteiger partial charge in [0.25, 0.3) is 0 Å². The second kappa shape index (κ2) is 7.58. The van der Waals surface area contributed by atoms with Gasteiger partial charge in [-0.05, 0) is 38.0 Å². The Bertz CT molecular complexity index is 779. The fraction of sp³-hybridized carbons (Fsp3) is 0.588. The van der Waals surface area contributed by atoms with Gasteiger partial charge in [0.15, 0.2) is 0 Å². The van der Waals surface area contributed by atoms with Crippen molar-refractivity contribution in [2.24, 2.45) is 5.92 Å². The number of benzene rings is 1. The molecule has 3 rings (SSSR count). The number of piperidine rings is 1. The second-order valence-corrected chi connectivity index (χ2v) is 8.80. The van der Waals surface area contributed by atoms with Crippen molar-refractivity contribution in [3.8, 4) is 0 Å². The van der Waals surface area contributed by atoms with Crippen molar-refractivity contribution < 1.29 is 22.0 Å². The Balaban J connectivity index is 1.66. The molecule has 2 saturated heterocycles. The fourth-order valence-corrected chi connectivity index (χ4v) is 5.09. The predicted octanol–water partition coefficient (Wildman–Crippen LogP) is 1.19. The molecule has 0 bridgehead atoms. The largest absolute Gasteiger partial charge is 0.340 e. The third-order valence-electron chi connectivity index (χ3n) is 4.99. The lowest BCUT2D eigenvalue weighted by Crippen LogP contribution is -2.54. The van der Waals surface area contributed by atoms with Gasteiger partial charge in [-0.3, -0.25) is 4.79 Å². The van der Waals surface area contributed by atoms with Gasteiger partial charge in [0.1, 0.15) is 16.5 Å². The predicted molar refractivity (Wildman–Crippen MR) is 91.9 cm³/mol. The van der Waals surface area contributed by atoms with E-state index in [-0.39, 0.29) is 31.0 Å². The van der Waals surface area contributed by atoms with Crippen LogP contribution in [-0.2, 0) is 14.8 Å². The minimum Gasteiger partial charge on any atom is -0.340 e. The van der Waals surface area contributed by atoms with Gasteiger partial charge < -0.3 is 10.2 Å². The SMILES string of the molecule is CC1CN(C(=O)C2CCN(S(=O)(=O)c3cc(F)ccc3F)CC2)CCN1. The van der Waals surface area contributed by atoms with E-state index in [1.165, 1.54) is 0 Å². The van der Waals surface area contributed by atoms with Gasteiger partial charge in [-0.15, -0.1) is 0 Å². The quantitative estimate of drug-likeness (QED) is 0.846. The van der Waals surface area contributed by atoms with Crippen LogP contribution in [0.25, 0.3) is 0 Å². The molecule has 26 heavy (non-hydrogen) atoms. The average molecular weight is 387 g/mol. The van der Waals surface area contributed by atoms with E-state index in [1.807, 2.05) is 11.8 Å². The van der Waals surface area contributed by atoms with Gasteiger partial charge in [-0.1, -0.05) is 0 Å². The van der Waals surface area contributed by atoms with Crippen LogP contribution >= 0.6 is 0 Å². The Kier molecular flexibility index (Phi) is 5.59. The first-order chi connectivity index (χ1) is 12.3.